The molecule has 0 amide bonds. The first kappa shape index (κ1) is 10.7. The molecule has 3 heteroatoms. The van der Waals surface area contributed by atoms with Crippen LogP contribution in [0.1, 0.15) is 31.6 Å². The van der Waals surface area contributed by atoms with E-state index in [4.69, 9.17) is 5.41 Å². The average molecular weight is 222 g/mol. The normalized spacial score (nSPS) is 15.7. The van der Waals surface area contributed by atoms with E-state index >= 15 is 0 Å². The molecule has 2 nitrogen and oxygen atoms in total. The number of thiophene rings is 1. The summed E-state index contributed by atoms with van der Waals surface area (Å²) in [4.78, 5) is 3.64. The van der Waals surface area contributed by atoms with Gasteiger partial charge in [-0.15, -0.1) is 11.3 Å². The summed E-state index contributed by atoms with van der Waals surface area (Å²) in [5, 5.41) is 10.2. The maximum absolute atomic E-state index is 8.10. The molecule has 0 radical (unpaired) electrons. The lowest BCUT2D eigenvalue weighted by Crippen LogP contribution is -2.34. The number of rotatable bonds is 4. The molecule has 1 N–H and O–H groups in total. The molecule has 1 aliphatic carbocycles. The van der Waals surface area contributed by atoms with E-state index in [9.17, 15) is 0 Å². The van der Waals surface area contributed by atoms with Crippen molar-refractivity contribution in [1.82, 2.24) is 4.90 Å². The second kappa shape index (κ2) is 4.35. The van der Waals surface area contributed by atoms with Crippen LogP contribution in [0.25, 0.3) is 0 Å². The highest BCUT2D eigenvalue weighted by Gasteiger charge is 2.31. The third kappa shape index (κ3) is 2.59. The molecule has 1 saturated carbocycles. The van der Waals surface area contributed by atoms with E-state index in [2.05, 4.69) is 36.3 Å². The zero-order chi connectivity index (χ0) is 10.8. The van der Waals surface area contributed by atoms with Crippen LogP contribution in [0.5, 0.6) is 0 Å². The Morgan fingerprint density at radius 3 is 2.80 bits per heavy atom. The zero-order valence-corrected chi connectivity index (χ0v) is 10.2. The zero-order valence-electron chi connectivity index (χ0n) is 9.36. The van der Waals surface area contributed by atoms with Gasteiger partial charge in [-0.05, 0) is 24.3 Å². The molecule has 2 rings (SSSR count). The summed E-state index contributed by atoms with van der Waals surface area (Å²) in [6, 6.07) is 4.89. The fraction of sp³-hybridized carbons (Fsp3) is 0.583. The smallest absolute Gasteiger partial charge is 0.0989 e. The Morgan fingerprint density at radius 2 is 2.33 bits per heavy atom. The quantitative estimate of drug-likeness (QED) is 0.614. The molecule has 0 aromatic carbocycles. The highest BCUT2D eigenvalue weighted by Crippen LogP contribution is 2.30. The van der Waals surface area contributed by atoms with Crippen molar-refractivity contribution in [2.24, 2.45) is 5.92 Å². The van der Waals surface area contributed by atoms with Gasteiger partial charge in [-0.2, -0.15) is 0 Å². The van der Waals surface area contributed by atoms with Crippen LogP contribution in [0.3, 0.4) is 0 Å². The number of hydrogen-bond donors (Lipinski definition) is 1. The highest BCUT2D eigenvalue weighted by molar-refractivity contribution is 7.09. The molecule has 1 aromatic rings. The van der Waals surface area contributed by atoms with Crippen LogP contribution in [-0.4, -0.2) is 16.8 Å². The molecular formula is C12H18N2S. The van der Waals surface area contributed by atoms with E-state index in [1.807, 2.05) is 0 Å². The average Bonchev–Trinajstić information content (AvgIpc) is 2.92. The van der Waals surface area contributed by atoms with E-state index in [-0.39, 0.29) is 0 Å². The van der Waals surface area contributed by atoms with E-state index in [1.165, 1.54) is 17.7 Å². The number of hydrogen-bond acceptors (Lipinski definition) is 2. The molecular weight excluding hydrogens is 204 g/mol. The molecule has 1 fully saturated rings. The summed E-state index contributed by atoms with van der Waals surface area (Å²) in [5.41, 5.74) is 0. The maximum Gasteiger partial charge on any atom is 0.0989 e. The standard InChI is InChI=1S/C12H18N2S/c1-9(2)12(13)14(10-5-6-10)8-11-4-3-7-15-11/h3-4,7,9-10,13H,5-6,8H2,1-2H3. The Hall–Kier alpha value is -0.830. The molecule has 0 spiro atoms. The van der Waals surface area contributed by atoms with Crippen molar-refractivity contribution in [2.75, 3.05) is 0 Å². The largest absolute Gasteiger partial charge is 0.352 e. The Kier molecular flexibility index (Phi) is 3.10. The predicted octanol–water partition coefficient (Wildman–Crippen LogP) is 3.35. The first-order valence-corrected chi connectivity index (χ1v) is 6.44. The maximum atomic E-state index is 8.10. The summed E-state index contributed by atoms with van der Waals surface area (Å²) < 4.78 is 0. The van der Waals surface area contributed by atoms with Crippen molar-refractivity contribution < 1.29 is 0 Å². The lowest BCUT2D eigenvalue weighted by molar-refractivity contribution is 0.384. The third-order valence-electron chi connectivity index (χ3n) is 2.75. The van der Waals surface area contributed by atoms with Gasteiger partial charge in [0.25, 0.3) is 0 Å². The van der Waals surface area contributed by atoms with E-state index in [0.29, 0.717) is 12.0 Å². The van der Waals surface area contributed by atoms with Crippen LogP contribution in [0, 0.1) is 11.3 Å². The van der Waals surface area contributed by atoms with Gasteiger partial charge in [0, 0.05) is 16.8 Å². The molecule has 0 unspecified atom stereocenters. The van der Waals surface area contributed by atoms with Crippen LogP contribution >= 0.6 is 11.3 Å². The van der Waals surface area contributed by atoms with Crippen LogP contribution in [0.15, 0.2) is 17.5 Å². The van der Waals surface area contributed by atoms with Gasteiger partial charge in [-0.3, -0.25) is 5.41 Å². The molecule has 0 aliphatic heterocycles. The fourth-order valence-electron chi connectivity index (χ4n) is 1.70. The van der Waals surface area contributed by atoms with Gasteiger partial charge >= 0.3 is 0 Å². The predicted molar refractivity (Wildman–Crippen MR) is 65.4 cm³/mol. The first-order valence-electron chi connectivity index (χ1n) is 5.56. The molecule has 1 heterocycles. The van der Waals surface area contributed by atoms with E-state index in [0.717, 1.165) is 12.4 Å². The van der Waals surface area contributed by atoms with Gasteiger partial charge in [0.1, 0.15) is 0 Å². The van der Waals surface area contributed by atoms with Gasteiger partial charge < -0.3 is 4.90 Å². The van der Waals surface area contributed by atoms with Crippen LogP contribution in [-0.2, 0) is 6.54 Å². The number of nitrogens with zero attached hydrogens (tertiary/aromatic N) is 1. The van der Waals surface area contributed by atoms with Gasteiger partial charge in [0.15, 0.2) is 0 Å². The summed E-state index contributed by atoms with van der Waals surface area (Å²) in [6.07, 6.45) is 2.53. The van der Waals surface area contributed by atoms with Crippen molar-refractivity contribution in [3.8, 4) is 0 Å². The Morgan fingerprint density at radius 1 is 1.60 bits per heavy atom. The number of nitrogens with one attached hydrogen (secondary N) is 1. The minimum atomic E-state index is 0.338. The van der Waals surface area contributed by atoms with Gasteiger partial charge in [-0.25, -0.2) is 0 Å². The molecule has 0 atom stereocenters. The molecule has 15 heavy (non-hydrogen) atoms. The fourth-order valence-corrected chi connectivity index (χ4v) is 2.40. The first-order chi connectivity index (χ1) is 7.18. The Balaban J connectivity index is 2.03. The minimum Gasteiger partial charge on any atom is -0.352 e. The van der Waals surface area contributed by atoms with Crippen LogP contribution in [0.4, 0.5) is 0 Å². The summed E-state index contributed by atoms with van der Waals surface area (Å²) in [7, 11) is 0. The monoisotopic (exact) mass is 222 g/mol. The summed E-state index contributed by atoms with van der Waals surface area (Å²) >= 11 is 1.79. The van der Waals surface area contributed by atoms with E-state index in [1.54, 1.807) is 11.3 Å². The van der Waals surface area contributed by atoms with Crippen LogP contribution < -0.4 is 0 Å². The SMILES string of the molecule is CC(C)C(=N)N(Cc1cccs1)C1CC1. The second-order valence-electron chi connectivity index (χ2n) is 4.48. The summed E-state index contributed by atoms with van der Waals surface area (Å²) in [6.45, 7) is 5.14. The lowest BCUT2D eigenvalue weighted by Gasteiger charge is -2.26. The topological polar surface area (TPSA) is 27.1 Å². The highest BCUT2D eigenvalue weighted by atomic mass is 32.1. The molecule has 0 saturated heterocycles. The molecule has 1 aliphatic rings. The molecule has 1 aromatic heterocycles. The second-order valence-corrected chi connectivity index (χ2v) is 5.51. The van der Waals surface area contributed by atoms with Crippen LogP contribution in [0.2, 0.25) is 0 Å². The number of amidine groups is 1. The van der Waals surface area contributed by atoms with Crippen molar-refractivity contribution in [3.63, 3.8) is 0 Å². The summed E-state index contributed by atoms with van der Waals surface area (Å²) in [5.74, 6) is 1.14. The third-order valence-corrected chi connectivity index (χ3v) is 3.61. The minimum absolute atomic E-state index is 0.338. The van der Waals surface area contributed by atoms with Crippen molar-refractivity contribution in [3.05, 3.63) is 22.4 Å². The van der Waals surface area contributed by atoms with Gasteiger partial charge in [0.2, 0.25) is 0 Å². The van der Waals surface area contributed by atoms with Gasteiger partial charge in [0.05, 0.1) is 12.4 Å². The molecule has 82 valence electrons. The molecule has 0 bridgehead atoms. The van der Waals surface area contributed by atoms with Crippen molar-refractivity contribution >= 4 is 17.2 Å². The Labute approximate surface area is 95.4 Å². The van der Waals surface area contributed by atoms with Gasteiger partial charge in [-0.1, -0.05) is 19.9 Å². The van der Waals surface area contributed by atoms with Crippen molar-refractivity contribution in [1.29, 1.82) is 5.41 Å². The van der Waals surface area contributed by atoms with E-state index < -0.39 is 0 Å². The Bertz CT molecular complexity index is 325. The lowest BCUT2D eigenvalue weighted by atomic mass is 10.1. The van der Waals surface area contributed by atoms with Crippen molar-refractivity contribution in [2.45, 2.75) is 39.3 Å².